The van der Waals surface area contributed by atoms with E-state index in [2.05, 4.69) is 10.3 Å². The van der Waals surface area contributed by atoms with Gasteiger partial charge in [0.15, 0.2) is 0 Å². The first kappa shape index (κ1) is 19.1. The molecule has 4 rings (SSSR count). The summed E-state index contributed by atoms with van der Waals surface area (Å²) in [5, 5.41) is 2.69. The average Bonchev–Trinajstić information content (AvgIpc) is 3.16. The number of rotatable bonds is 3. The van der Waals surface area contributed by atoms with Crippen molar-refractivity contribution in [2.24, 2.45) is 0 Å². The lowest BCUT2D eigenvalue weighted by atomic mass is 9.99. The molecule has 1 aromatic heterocycles. The number of carbonyl (C=O) groups is 1. The van der Waals surface area contributed by atoms with Gasteiger partial charge in [0.1, 0.15) is 0 Å². The Hall–Kier alpha value is -3.19. The minimum Gasteiger partial charge on any atom is -0.322 e. The number of nitrogens with zero attached hydrogens (tertiary/aromatic N) is 1. The molecule has 0 spiro atoms. The molecule has 0 fully saturated rings. The predicted molar refractivity (Wildman–Crippen MR) is 109 cm³/mol. The van der Waals surface area contributed by atoms with Gasteiger partial charge in [-0.25, -0.2) is 4.98 Å². The predicted octanol–water partition coefficient (Wildman–Crippen LogP) is 6.54. The second-order valence-corrected chi connectivity index (χ2v) is 7.48. The van der Waals surface area contributed by atoms with E-state index in [0.29, 0.717) is 5.69 Å². The van der Waals surface area contributed by atoms with Gasteiger partial charge in [-0.15, -0.1) is 11.3 Å². The summed E-state index contributed by atoms with van der Waals surface area (Å²) in [6.07, 6.45) is -4.50. The lowest BCUT2D eigenvalue weighted by molar-refractivity contribution is -0.137. The summed E-state index contributed by atoms with van der Waals surface area (Å²) in [6, 6.07) is 15.7. The van der Waals surface area contributed by atoms with E-state index in [1.807, 2.05) is 37.3 Å². The van der Waals surface area contributed by atoms with Crippen molar-refractivity contribution in [2.75, 3.05) is 5.32 Å². The van der Waals surface area contributed by atoms with E-state index in [4.69, 9.17) is 0 Å². The van der Waals surface area contributed by atoms with E-state index in [-0.39, 0.29) is 5.56 Å². The molecular weight excluding hydrogens is 397 g/mol. The largest absolute Gasteiger partial charge is 0.416 e. The summed E-state index contributed by atoms with van der Waals surface area (Å²) in [4.78, 5) is 16.8. The fraction of sp³-hybridized carbons (Fsp3) is 0.0909. The SMILES string of the molecule is Cc1ccc(NC(=O)c2cccc(C(F)(F)F)c2)cc1-c1ccc2ncsc2c1. The van der Waals surface area contributed by atoms with Gasteiger partial charge >= 0.3 is 6.18 Å². The van der Waals surface area contributed by atoms with Gasteiger partial charge in [-0.1, -0.05) is 18.2 Å². The Kier molecular flexibility index (Phi) is 4.84. The molecule has 0 saturated heterocycles. The number of aryl methyl sites for hydroxylation is 1. The number of hydrogen-bond acceptors (Lipinski definition) is 3. The van der Waals surface area contributed by atoms with Gasteiger partial charge in [0.05, 0.1) is 21.3 Å². The highest BCUT2D eigenvalue weighted by Crippen LogP contribution is 2.31. The first-order chi connectivity index (χ1) is 13.8. The number of thiazole rings is 1. The third-order valence-electron chi connectivity index (χ3n) is 4.59. The number of nitrogens with one attached hydrogen (secondary N) is 1. The Morgan fingerprint density at radius 3 is 2.66 bits per heavy atom. The lowest BCUT2D eigenvalue weighted by Crippen LogP contribution is -2.14. The van der Waals surface area contributed by atoms with Gasteiger partial charge in [-0.2, -0.15) is 13.2 Å². The molecule has 0 aliphatic heterocycles. The Morgan fingerprint density at radius 2 is 1.86 bits per heavy atom. The Bertz CT molecular complexity index is 1210. The van der Waals surface area contributed by atoms with Gasteiger partial charge < -0.3 is 5.32 Å². The van der Waals surface area contributed by atoms with E-state index >= 15 is 0 Å². The van der Waals surface area contributed by atoms with E-state index in [0.717, 1.165) is 39.0 Å². The van der Waals surface area contributed by atoms with Crippen molar-refractivity contribution in [1.29, 1.82) is 0 Å². The van der Waals surface area contributed by atoms with Crippen LogP contribution < -0.4 is 5.32 Å². The molecule has 0 aliphatic rings. The van der Waals surface area contributed by atoms with Gasteiger partial charge in [0, 0.05) is 11.3 Å². The number of anilines is 1. The standard InChI is InChI=1S/C22H15F3N2OS/c1-13-5-7-17(11-18(13)14-6-8-19-20(10-14)29-12-26-19)27-21(28)15-3-2-4-16(9-15)22(23,24)25/h2-12H,1H3,(H,27,28). The first-order valence-corrected chi connectivity index (χ1v) is 9.62. The number of aromatic nitrogens is 1. The van der Waals surface area contributed by atoms with Crippen LogP contribution >= 0.6 is 11.3 Å². The van der Waals surface area contributed by atoms with Crippen LogP contribution in [0.15, 0.2) is 66.2 Å². The summed E-state index contributed by atoms with van der Waals surface area (Å²) in [5.74, 6) is -0.594. The highest BCUT2D eigenvalue weighted by molar-refractivity contribution is 7.16. The maximum Gasteiger partial charge on any atom is 0.416 e. The maximum atomic E-state index is 12.9. The molecule has 7 heteroatoms. The number of carbonyl (C=O) groups excluding carboxylic acids is 1. The van der Waals surface area contributed by atoms with Crippen LogP contribution in [0.2, 0.25) is 0 Å². The molecule has 0 aliphatic carbocycles. The lowest BCUT2D eigenvalue weighted by Gasteiger charge is -2.12. The van der Waals surface area contributed by atoms with Crippen LogP contribution in [-0.4, -0.2) is 10.9 Å². The fourth-order valence-corrected chi connectivity index (χ4v) is 3.79. The molecule has 0 bridgehead atoms. The molecule has 29 heavy (non-hydrogen) atoms. The smallest absolute Gasteiger partial charge is 0.322 e. The number of hydrogen-bond donors (Lipinski definition) is 1. The molecule has 1 amide bonds. The third-order valence-corrected chi connectivity index (χ3v) is 5.38. The second-order valence-electron chi connectivity index (χ2n) is 6.60. The number of fused-ring (bicyclic) bond motifs is 1. The monoisotopic (exact) mass is 412 g/mol. The zero-order chi connectivity index (χ0) is 20.6. The van der Waals surface area contributed by atoms with Gasteiger partial charge in [0.2, 0.25) is 0 Å². The zero-order valence-electron chi connectivity index (χ0n) is 15.2. The Labute approximate surface area is 168 Å². The molecule has 1 heterocycles. The number of benzene rings is 3. The van der Waals surface area contributed by atoms with Crippen LogP contribution in [0.3, 0.4) is 0 Å². The molecule has 0 atom stereocenters. The highest BCUT2D eigenvalue weighted by Gasteiger charge is 2.30. The first-order valence-electron chi connectivity index (χ1n) is 8.74. The number of alkyl halides is 3. The van der Waals surface area contributed by atoms with E-state index < -0.39 is 17.6 Å². The fourth-order valence-electron chi connectivity index (χ4n) is 3.07. The van der Waals surface area contributed by atoms with Crippen molar-refractivity contribution in [3.8, 4) is 11.1 Å². The molecule has 3 aromatic carbocycles. The quantitative estimate of drug-likeness (QED) is 0.415. The molecule has 0 saturated carbocycles. The summed E-state index contributed by atoms with van der Waals surface area (Å²) in [6.45, 7) is 1.96. The summed E-state index contributed by atoms with van der Waals surface area (Å²) in [5.41, 5.74) is 5.25. The minimum absolute atomic E-state index is 0.0481. The van der Waals surface area contributed by atoms with Gasteiger partial charge in [-0.05, 0) is 66.1 Å². The number of halogens is 3. The van der Waals surface area contributed by atoms with Crippen molar-refractivity contribution < 1.29 is 18.0 Å². The highest BCUT2D eigenvalue weighted by atomic mass is 32.1. The Balaban J connectivity index is 1.63. The molecule has 4 aromatic rings. The topological polar surface area (TPSA) is 42.0 Å². The van der Waals surface area contributed by atoms with Crippen molar-refractivity contribution >= 4 is 33.1 Å². The normalized spacial score (nSPS) is 11.6. The van der Waals surface area contributed by atoms with E-state index in [9.17, 15) is 18.0 Å². The van der Waals surface area contributed by atoms with E-state index in [1.54, 1.807) is 22.9 Å². The van der Waals surface area contributed by atoms with E-state index in [1.165, 1.54) is 12.1 Å². The summed E-state index contributed by atoms with van der Waals surface area (Å²) in [7, 11) is 0. The number of amides is 1. The van der Waals surface area contributed by atoms with Crippen LogP contribution in [-0.2, 0) is 6.18 Å². The van der Waals surface area contributed by atoms with Crippen LogP contribution in [0, 0.1) is 6.92 Å². The molecular formula is C22H15F3N2OS. The van der Waals surface area contributed by atoms with Crippen LogP contribution in [0.5, 0.6) is 0 Å². The Morgan fingerprint density at radius 1 is 1.03 bits per heavy atom. The van der Waals surface area contributed by atoms with Crippen LogP contribution in [0.1, 0.15) is 21.5 Å². The maximum absolute atomic E-state index is 12.9. The average molecular weight is 412 g/mol. The third kappa shape index (κ3) is 4.00. The van der Waals surface area contributed by atoms with Crippen molar-refractivity contribution in [3.63, 3.8) is 0 Å². The summed E-state index contributed by atoms with van der Waals surface area (Å²) < 4.78 is 39.7. The summed E-state index contributed by atoms with van der Waals surface area (Å²) >= 11 is 1.54. The minimum atomic E-state index is -4.50. The molecule has 0 radical (unpaired) electrons. The molecule has 0 unspecified atom stereocenters. The van der Waals surface area contributed by atoms with Crippen LogP contribution in [0.4, 0.5) is 18.9 Å². The van der Waals surface area contributed by atoms with Gasteiger partial charge in [0.25, 0.3) is 5.91 Å². The van der Waals surface area contributed by atoms with Crippen molar-refractivity contribution in [3.05, 3.63) is 82.9 Å². The zero-order valence-corrected chi connectivity index (χ0v) is 16.1. The van der Waals surface area contributed by atoms with Crippen molar-refractivity contribution in [1.82, 2.24) is 4.98 Å². The van der Waals surface area contributed by atoms with Crippen molar-refractivity contribution in [2.45, 2.75) is 13.1 Å². The molecule has 3 nitrogen and oxygen atoms in total. The second kappa shape index (κ2) is 7.33. The molecule has 146 valence electrons. The van der Waals surface area contributed by atoms with Gasteiger partial charge in [-0.3, -0.25) is 4.79 Å². The molecule has 1 N–H and O–H groups in total. The van der Waals surface area contributed by atoms with Crippen LogP contribution in [0.25, 0.3) is 21.3 Å².